The minimum Gasteiger partial charge on any atom is -0.508 e. The lowest BCUT2D eigenvalue weighted by atomic mass is 9.49. The molecular formula is C26H30ClN3O2. The first-order valence-corrected chi connectivity index (χ1v) is 11.2. The molecule has 5 nitrogen and oxygen atoms in total. The first kappa shape index (κ1) is 21.5. The first-order chi connectivity index (χ1) is 14.8. The summed E-state index contributed by atoms with van der Waals surface area (Å²) in [5, 5.41) is 23.9. The molecule has 0 unspecified atom stereocenters. The van der Waals surface area contributed by atoms with Crippen molar-refractivity contribution in [2.24, 2.45) is 0 Å². The highest BCUT2D eigenvalue weighted by Crippen LogP contribution is 2.57. The van der Waals surface area contributed by atoms with Crippen molar-refractivity contribution in [3.8, 4) is 5.75 Å². The van der Waals surface area contributed by atoms with Gasteiger partial charge in [0.25, 0.3) is 0 Å². The van der Waals surface area contributed by atoms with Gasteiger partial charge in [0, 0.05) is 55.2 Å². The highest BCUT2D eigenvalue weighted by atomic mass is 35.5. The van der Waals surface area contributed by atoms with Crippen molar-refractivity contribution in [3.05, 3.63) is 64.8 Å². The maximum Gasteiger partial charge on any atom is 0.115 e. The Bertz CT molecular complexity index is 1230. The average molecular weight is 452 g/mol. The second-order valence-corrected chi connectivity index (χ2v) is 9.98. The number of halogens is 1. The summed E-state index contributed by atoms with van der Waals surface area (Å²) in [5.74, 6) is 0.278. The highest BCUT2D eigenvalue weighted by Gasteiger charge is 2.64. The van der Waals surface area contributed by atoms with Gasteiger partial charge >= 0.3 is 0 Å². The van der Waals surface area contributed by atoms with E-state index in [0.717, 1.165) is 52.8 Å². The molecule has 0 spiro atoms. The lowest BCUT2D eigenvalue weighted by molar-refractivity contribution is -0.145. The summed E-state index contributed by atoms with van der Waals surface area (Å²) in [5.41, 5.74) is 5.47. The van der Waals surface area contributed by atoms with E-state index in [2.05, 4.69) is 55.2 Å². The van der Waals surface area contributed by atoms with Crippen molar-refractivity contribution in [2.45, 2.75) is 42.7 Å². The van der Waals surface area contributed by atoms with Crippen LogP contribution in [0.15, 0.2) is 42.5 Å². The van der Waals surface area contributed by atoms with Crippen LogP contribution in [-0.4, -0.2) is 59.4 Å². The SMILES string of the molecule is CN(C)c1cccc2nc3c(cc12)C[C@@]1(O)[C@H]2Cc4ccc(O)cc4[C@@]1(CCN2C)C3.Cl. The van der Waals surface area contributed by atoms with Crippen LogP contribution in [0.5, 0.6) is 5.75 Å². The summed E-state index contributed by atoms with van der Waals surface area (Å²) in [6, 6.07) is 14.3. The number of hydrogen-bond donors (Lipinski definition) is 2. The van der Waals surface area contributed by atoms with E-state index in [1.54, 1.807) is 6.07 Å². The number of phenols is 1. The van der Waals surface area contributed by atoms with E-state index < -0.39 is 11.0 Å². The number of aromatic nitrogens is 1. The number of benzene rings is 2. The molecule has 0 radical (unpaired) electrons. The molecule has 1 aliphatic heterocycles. The molecule has 6 heteroatoms. The fraction of sp³-hybridized carbons (Fsp3) is 0.423. The van der Waals surface area contributed by atoms with E-state index in [0.29, 0.717) is 12.8 Å². The van der Waals surface area contributed by atoms with Gasteiger partial charge in [-0.1, -0.05) is 12.1 Å². The number of rotatable bonds is 1. The fourth-order valence-corrected chi connectivity index (χ4v) is 6.67. The van der Waals surface area contributed by atoms with Crippen LogP contribution in [0.1, 0.15) is 28.8 Å². The summed E-state index contributed by atoms with van der Waals surface area (Å²) in [4.78, 5) is 9.58. The van der Waals surface area contributed by atoms with Crippen LogP contribution in [0.4, 0.5) is 5.69 Å². The van der Waals surface area contributed by atoms with Crippen molar-refractivity contribution in [1.29, 1.82) is 0 Å². The Morgan fingerprint density at radius 3 is 2.69 bits per heavy atom. The van der Waals surface area contributed by atoms with Crippen molar-refractivity contribution < 1.29 is 10.2 Å². The number of pyridine rings is 1. The number of aromatic hydroxyl groups is 1. The normalized spacial score (nSPS) is 28.3. The predicted molar refractivity (Wildman–Crippen MR) is 130 cm³/mol. The average Bonchev–Trinajstić information content (AvgIpc) is 2.73. The molecular weight excluding hydrogens is 422 g/mol. The third-order valence-electron chi connectivity index (χ3n) is 8.24. The second-order valence-electron chi connectivity index (χ2n) is 9.98. The Kier molecular flexibility index (Phi) is 4.76. The number of phenolic OH excluding ortho intramolecular Hbond substituents is 1. The van der Waals surface area contributed by atoms with Crippen LogP contribution in [0.3, 0.4) is 0 Å². The zero-order valence-corrected chi connectivity index (χ0v) is 19.6. The summed E-state index contributed by atoms with van der Waals surface area (Å²) in [6.07, 6.45) is 2.98. The molecule has 1 aromatic heterocycles. The van der Waals surface area contributed by atoms with E-state index >= 15 is 0 Å². The van der Waals surface area contributed by atoms with Crippen LogP contribution in [-0.2, 0) is 24.7 Å². The number of likely N-dealkylation sites (N-methyl/N-ethyl adjacent to an activating group) is 1. The number of aliphatic hydroxyl groups is 1. The number of piperidine rings is 1. The van der Waals surface area contributed by atoms with Gasteiger partial charge in [-0.25, -0.2) is 0 Å². The second kappa shape index (κ2) is 7.08. The molecule has 2 N–H and O–H groups in total. The lowest BCUT2D eigenvalue weighted by Gasteiger charge is -2.63. The van der Waals surface area contributed by atoms with E-state index in [-0.39, 0.29) is 24.2 Å². The molecule has 6 rings (SSSR count). The quantitative estimate of drug-likeness (QED) is 0.593. The van der Waals surface area contributed by atoms with Gasteiger partial charge in [0.2, 0.25) is 0 Å². The number of fused-ring (bicyclic) bond motifs is 3. The Hall–Kier alpha value is -2.34. The molecule has 3 aromatic rings. The molecule has 0 amide bonds. The Balaban J connectivity index is 0.00000216. The first-order valence-electron chi connectivity index (χ1n) is 11.2. The van der Waals surface area contributed by atoms with Gasteiger partial charge in [0.05, 0.1) is 11.1 Å². The topological polar surface area (TPSA) is 59.8 Å². The largest absolute Gasteiger partial charge is 0.508 e. The maximum atomic E-state index is 12.4. The van der Waals surface area contributed by atoms with Gasteiger partial charge < -0.3 is 20.0 Å². The van der Waals surface area contributed by atoms with E-state index in [4.69, 9.17) is 4.98 Å². The van der Waals surface area contributed by atoms with Crippen LogP contribution in [0, 0.1) is 0 Å². The summed E-state index contributed by atoms with van der Waals surface area (Å²) in [7, 11) is 6.25. The standard InChI is InChI=1S/C26H29N3O2.ClH/c1-28(2)23-6-4-5-21-19(23)11-17-14-26(31)24-12-16-7-8-18(30)13-20(16)25(26,9-10-29(24)3)15-22(17)27-21;/h4-8,11,13,24,30-31H,9-10,12,14-15H2,1-3H3;1H/t24-,25-,26-;/m1./s1. The van der Waals surface area contributed by atoms with Crippen molar-refractivity contribution in [1.82, 2.24) is 9.88 Å². The Morgan fingerprint density at radius 2 is 1.91 bits per heavy atom. The predicted octanol–water partition coefficient (Wildman–Crippen LogP) is 3.46. The number of nitrogens with zero attached hydrogens (tertiary/aromatic N) is 3. The minimum atomic E-state index is -0.879. The Labute approximate surface area is 195 Å². The highest BCUT2D eigenvalue weighted by molar-refractivity contribution is 5.92. The van der Waals surface area contributed by atoms with Crippen LogP contribution < -0.4 is 4.90 Å². The molecule has 2 aliphatic carbocycles. The molecule has 168 valence electrons. The summed E-state index contributed by atoms with van der Waals surface area (Å²) >= 11 is 0. The van der Waals surface area contributed by atoms with E-state index in [1.807, 2.05) is 12.1 Å². The Morgan fingerprint density at radius 1 is 1.09 bits per heavy atom. The number of hydrogen-bond acceptors (Lipinski definition) is 5. The molecule has 3 atom stereocenters. The lowest BCUT2D eigenvalue weighted by Crippen LogP contribution is -2.73. The fourth-order valence-electron chi connectivity index (χ4n) is 6.67. The molecule has 32 heavy (non-hydrogen) atoms. The van der Waals surface area contributed by atoms with Crippen molar-refractivity contribution in [3.63, 3.8) is 0 Å². The third-order valence-corrected chi connectivity index (χ3v) is 8.24. The third kappa shape index (κ3) is 2.68. The molecule has 2 bridgehead atoms. The number of likely N-dealkylation sites (tertiary alicyclic amines) is 1. The number of anilines is 1. The van der Waals surface area contributed by atoms with Gasteiger partial charge in [-0.2, -0.15) is 0 Å². The molecule has 1 fully saturated rings. The van der Waals surface area contributed by atoms with Crippen LogP contribution in [0.2, 0.25) is 0 Å². The molecule has 3 aliphatic rings. The van der Waals surface area contributed by atoms with Gasteiger partial charge in [0.15, 0.2) is 0 Å². The van der Waals surface area contributed by atoms with Gasteiger partial charge in [-0.05, 0) is 73.5 Å². The smallest absolute Gasteiger partial charge is 0.115 e. The van der Waals surface area contributed by atoms with Crippen molar-refractivity contribution in [2.75, 3.05) is 32.6 Å². The van der Waals surface area contributed by atoms with Gasteiger partial charge in [-0.3, -0.25) is 4.98 Å². The molecule has 0 saturated carbocycles. The van der Waals surface area contributed by atoms with Crippen LogP contribution >= 0.6 is 12.4 Å². The molecule has 2 aromatic carbocycles. The summed E-state index contributed by atoms with van der Waals surface area (Å²) < 4.78 is 0. The minimum absolute atomic E-state index is 0. The van der Waals surface area contributed by atoms with Crippen LogP contribution in [0.25, 0.3) is 10.9 Å². The monoisotopic (exact) mass is 451 g/mol. The zero-order chi connectivity index (χ0) is 21.5. The molecule has 1 saturated heterocycles. The van der Waals surface area contributed by atoms with E-state index in [1.165, 1.54) is 5.56 Å². The van der Waals surface area contributed by atoms with E-state index in [9.17, 15) is 10.2 Å². The van der Waals surface area contributed by atoms with Crippen molar-refractivity contribution >= 4 is 29.0 Å². The summed E-state index contributed by atoms with van der Waals surface area (Å²) in [6.45, 7) is 0.940. The van der Waals surface area contributed by atoms with Gasteiger partial charge in [0.1, 0.15) is 5.75 Å². The molecule has 2 heterocycles. The van der Waals surface area contributed by atoms with Gasteiger partial charge in [-0.15, -0.1) is 12.4 Å². The maximum absolute atomic E-state index is 12.4. The zero-order valence-electron chi connectivity index (χ0n) is 18.8.